The number of nitro benzene ring substituents is 1. The van der Waals surface area contributed by atoms with Crippen LogP contribution in [0.3, 0.4) is 0 Å². The van der Waals surface area contributed by atoms with Crippen molar-refractivity contribution in [1.29, 1.82) is 0 Å². The van der Waals surface area contributed by atoms with Crippen molar-refractivity contribution in [2.24, 2.45) is 0 Å². The molecule has 0 amide bonds. The number of nitrogens with one attached hydrogen (secondary N) is 1. The molecule has 1 atom stereocenters. The number of aliphatic hydroxyl groups is 1. The highest BCUT2D eigenvalue weighted by atomic mass is 16.6. The first kappa shape index (κ1) is 16.4. The van der Waals surface area contributed by atoms with Gasteiger partial charge in [0.2, 0.25) is 0 Å². The highest BCUT2D eigenvalue weighted by Crippen LogP contribution is 2.23. The molecule has 1 rings (SSSR count). The molecular formula is C14H23N3O3. The first-order valence-corrected chi connectivity index (χ1v) is 6.81. The fraction of sp³-hybridized carbons (Fsp3) is 0.571. The predicted octanol–water partition coefficient (Wildman–Crippen LogP) is 2.23. The van der Waals surface area contributed by atoms with Crippen LogP contribution < -0.4 is 5.32 Å². The minimum atomic E-state index is -0.425. The normalized spacial score (nSPS) is 12.4. The molecule has 20 heavy (non-hydrogen) atoms. The van der Waals surface area contributed by atoms with Gasteiger partial charge >= 0.3 is 0 Å². The molecule has 0 spiro atoms. The first-order chi connectivity index (χ1) is 9.43. The lowest BCUT2D eigenvalue weighted by molar-refractivity contribution is -0.384. The minimum Gasteiger partial charge on any atom is -0.392 e. The van der Waals surface area contributed by atoms with Crippen molar-refractivity contribution in [2.75, 3.05) is 25.5 Å². The van der Waals surface area contributed by atoms with E-state index in [1.54, 1.807) is 19.1 Å². The topological polar surface area (TPSA) is 78.6 Å². The predicted molar refractivity (Wildman–Crippen MR) is 79.9 cm³/mol. The van der Waals surface area contributed by atoms with Crippen molar-refractivity contribution >= 4 is 11.4 Å². The van der Waals surface area contributed by atoms with Gasteiger partial charge in [-0.05, 0) is 32.0 Å². The molecule has 1 unspecified atom stereocenters. The van der Waals surface area contributed by atoms with Gasteiger partial charge in [0.1, 0.15) is 0 Å². The molecule has 0 aromatic heterocycles. The summed E-state index contributed by atoms with van der Waals surface area (Å²) in [5.74, 6) is 0. The number of aliphatic hydroxyl groups excluding tert-OH is 1. The molecule has 0 aliphatic heterocycles. The van der Waals surface area contributed by atoms with Crippen LogP contribution >= 0.6 is 0 Å². The van der Waals surface area contributed by atoms with Crippen LogP contribution in [-0.4, -0.2) is 41.2 Å². The summed E-state index contributed by atoms with van der Waals surface area (Å²) in [6, 6.07) is 4.85. The molecular weight excluding hydrogens is 258 g/mol. The van der Waals surface area contributed by atoms with Crippen LogP contribution in [0.1, 0.15) is 25.8 Å². The molecule has 0 radical (unpaired) electrons. The van der Waals surface area contributed by atoms with Gasteiger partial charge in [-0.25, -0.2) is 0 Å². The Hall–Kier alpha value is -1.66. The van der Waals surface area contributed by atoms with E-state index in [1.807, 2.05) is 11.9 Å². The second kappa shape index (κ2) is 7.81. The molecule has 0 aliphatic carbocycles. The summed E-state index contributed by atoms with van der Waals surface area (Å²) in [4.78, 5) is 12.4. The van der Waals surface area contributed by atoms with Crippen LogP contribution in [0.25, 0.3) is 0 Å². The number of anilines is 1. The van der Waals surface area contributed by atoms with E-state index in [0.717, 1.165) is 24.2 Å². The highest BCUT2D eigenvalue weighted by Gasteiger charge is 2.13. The number of benzene rings is 1. The summed E-state index contributed by atoms with van der Waals surface area (Å²) in [7, 11) is 1.88. The van der Waals surface area contributed by atoms with Crippen molar-refractivity contribution < 1.29 is 10.0 Å². The minimum absolute atomic E-state index is 0.0903. The fourth-order valence-electron chi connectivity index (χ4n) is 2.06. The van der Waals surface area contributed by atoms with Crippen LogP contribution in [0.2, 0.25) is 0 Å². The van der Waals surface area contributed by atoms with Gasteiger partial charge in [0.25, 0.3) is 5.69 Å². The van der Waals surface area contributed by atoms with E-state index < -0.39 is 6.10 Å². The van der Waals surface area contributed by atoms with Crippen LogP contribution in [0.15, 0.2) is 18.2 Å². The summed E-state index contributed by atoms with van der Waals surface area (Å²) < 4.78 is 0. The standard InChI is InChI=1S/C14H23N3O3/c1-4-7-15-14-6-5-13(17(19)20)8-12(14)10-16(3)9-11(2)18/h5-6,8,11,15,18H,4,7,9-10H2,1-3H3. The summed E-state index contributed by atoms with van der Waals surface area (Å²) >= 11 is 0. The highest BCUT2D eigenvalue weighted by molar-refractivity contribution is 5.56. The van der Waals surface area contributed by atoms with E-state index in [0.29, 0.717) is 13.1 Å². The van der Waals surface area contributed by atoms with E-state index in [1.165, 1.54) is 6.07 Å². The quantitative estimate of drug-likeness (QED) is 0.564. The van der Waals surface area contributed by atoms with Crippen molar-refractivity contribution in [2.45, 2.75) is 32.9 Å². The van der Waals surface area contributed by atoms with Gasteiger partial charge in [0.15, 0.2) is 0 Å². The molecule has 6 heteroatoms. The van der Waals surface area contributed by atoms with Crippen molar-refractivity contribution in [1.82, 2.24) is 4.90 Å². The van der Waals surface area contributed by atoms with E-state index >= 15 is 0 Å². The van der Waals surface area contributed by atoms with Crippen LogP contribution in [0.5, 0.6) is 0 Å². The Labute approximate surface area is 119 Å². The monoisotopic (exact) mass is 281 g/mol. The zero-order valence-corrected chi connectivity index (χ0v) is 12.3. The third-order valence-electron chi connectivity index (χ3n) is 2.88. The van der Waals surface area contributed by atoms with E-state index in [-0.39, 0.29) is 10.6 Å². The molecule has 1 aromatic rings. The molecule has 0 aliphatic rings. The van der Waals surface area contributed by atoms with Gasteiger partial charge in [-0.3, -0.25) is 15.0 Å². The fourth-order valence-corrected chi connectivity index (χ4v) is 2.06. The SMILES string of the molecule is CCCNc1ccc([N+](=O)[O-])cc1CN(C)CC(C)O. The number of rotatable bonds is 8. The van der Waals surface area contributed by atoms with E-state index in [4.69, 9.17) is 0 Å². The molecule has 0 saturated heterocycles. The summed E-state index contributed by atoms with van der Waals surface area (Å²) in [6.45, 7) is 5.69. The summed E-state index contributed by atoms with van der Waals surface area (Å²) in [6.07, 6.45) is 0.561. The zero-order chi connectivity index (χ0) is 15.1. The maximum Gasteiger partial charge on any atom is 0.269 e. The molecule has 0 bridgehead atoms. The number of non-ortho nitro benzene ring substituents is 1. The Balaban J connectivity index is 2.92. The lowest BCUT2D eigenvalue weighted by atomic mass is 10.1. The number of likely N-dealkylation sites (N-methyl/N-ethyl adjacent to an activating group) is 1. The molecule has 112 valence electrons. The molecule has 2 N–H and O–H groups in total. The number of nitro groups is 1. The second-order valence-electron chi connectivity index (χ2n) is 5.07. The van der Waals surface area contributed by atoms with E-state index in [2.05, 4.69) is 12.2 Å². The maximum absolute atomic E-state index is 10.9. The molecule has 0 heterocycles. The van der Waals surface area contributed by atoms with Crippen molar-refractivity contribution in [3.05, 3.63) is 33.9 Å². The average molecular weight is 281 g/mol. The van der Waals surface area contributed by atoms with Crippen LogP contribution in [0.4, 0.5) is 11.4 Å². The molecule has 0 saturated carbocycles. The van der Waals surface area contributed by atoms with Gasteiger partial charge in [-0.1, -0.05) is 6.92 Å². The van der Waals surface area contributed by atoms with Crippen molar-refractivity contribution in [3.63, 3.8) is 0 Å². The largest absolute Gasteiger partial charge is 0.392 e. The van der Waals surface area contributed by atoms with Gasteiger partial charge in [-0.2, -0.15) is 0 Å². The Kier molecular flexibility index (Phi) is 6.41. The van der Waals surface area contributed by atoms with Crippen LogP contribution in [0, 0.1) is 10.1 Å². The molecule has 6 nitrogen and oxygen atoms in total. The third-order valence-corrected chi connectivity index (χ3v) is 2.88. The van der Waals surface area contributed by atoms with Gasteiger partial charge in [0, 0.05) is 37.5 Å². The van der Waals surface area contributed by atoms with Gasteiger partial charge in [-0.15, -0.1) is 0 Å². The second-order valence-corrected chi connectivity index (χ2v) is 5.07. The summed E-state index contributed by atoms with van der Waals surface area (Å²) in [5.41, 5.74) is 1.87. The lowest BCUT2D eigenvalue weighted by Crippen LogP contribution is -2.27. The van der Waals surface area contributed by atoms with Crippen molar-refractivity contribution in [3.8, 4) is 0 Å². The Morgan fingerprint density at radius 2 is 2.20 bits per heavy atom. The molecule has 0 fully saturated rings. The van der Waals surface area contributed by atoms with Gasteiger partial charge < -0.3 is 10.4 Å². The maximum atomic E-state index is 10.9. The summed E-state index contributed by atoms with van der Waals surface area (Å²) in [5, 5.41) is 23.5. The van der Waals surface area contributed by atoms with Crippen LogP contribution in [-0.2, 0) is 6.54 Å². The Morgan fingerprint density at radius 3 is 2.75 bits per heavy atom. The smallest absolute Gasteiger partial charge is 0.269 e. The first-order valence-electron chi connectivity index (χ1n) is 6.81. The zero-order valence-electron chi connectivity index (χ0n) is 12.3. The lowest BCUT2D eigenvalue weighted by Gasteiger charge is -2.20. The Bertz CT molecular complexity index is 449. The average Bonchev–Trinajstić information content (AvgIpc) is 2.35. The Morgan fingerprint density at radius 1 is 1.50 bits per heavy atom. The molecule has 1 aromatic carbocycles. The number of hydrogen-bond acceptors (Lipinski definition) is 5. The third kappa shape index (κ3) is 5.14. The van der Waals surface area contributed by atoms with E-state index in [9.17, 15) is 15.2 Å². The number of nitrogens with zero attached hydrogens (tertiary/aromatic N) is 2. The number of hydrogen-bond donors (Lipinski definition) is 2. The van der Waals surface area contributed by atoms with Gasteiger partial charge in [0.05, 0.1) is 11.0 Å².